The van der Waals surface area contributed by atoms with E-state index in [9.17, 15) is 14.4 Å². The number of ether oxygens (including phenoxy) is 2. The maximum atomic E-state index is 13.6. The van der Waals surface area contributed by atoms with Crippen molar-refractivity contribution in [3.8, 4) is 11.5 Å². The number of likely N-dealkylation sites (N-methyl/N-ethyl adjacent to an activating group) is 1. The summed E-state index contributed by atoms with van der Waals surface area (Å²) < 4.78 is 10.8. The van der Waals surface area contributed by atoms with Crippen molar-refractivity contribution in [2.75, 3.05) is 38.4 Å². The van der Waals surface area contributed by atoms with Crippen molar-refractivity contribution in [3.63, 3.8) is 0 Å². The van der Waals surface area contributed by atoms with Gasteiger partial charge < -0.3 is 19.3 Å². The lowest BCUT2D eigenvalue weighted by Crippen LogP contribution is -2.44. The lowest BCUT2D eigenvalue weighted by atomic mass is 9.94. The number of fused-ring (bicyclic) bond motifs is 2. The molecule has 200 valence electrons. The Hall–Kier alpha value is -4.33. The smallest absolute Gasteiger partial charge is 0.263 e. The number of hydrogen-bond donors (Lipinski definition) is 0. The van der Waals surface area contributed by atoms with Crippen molar-refractivity contribution in [1.82, 2.24) is 9.80 Å². The van der Waals surface area contributed by atoms with Crippen molar-refractivity contribution in [2.45, 2.75) is 25.8 Å². The van der Waals surface area contributed by atoms with E-state index >= 15 is 0 Å². The van der Waals surface area contributed by atoms with Crippen LogP contribution in [0.2, 0.25) is 0 Å². The number of nitrogens with zero attached hydrogens (tertiary/aromatic N) is 3. The highest BCUT2D eigenvalue weighted by molar-refractivity contribution is 6.23. The Kier molecular flexibility index (Phi) is 6.69. The van der Waals surface area contributed by atoms with Crippen LogP contribution in [0.1, 0.15) is 44.7 Å². The van der Waals surface area contributed by atoms with Gasteiger partial charge in [0.15, 0.2) is 11.5 Å². The molecule has 8 nitrogen and oxygen atoms in total. The molecule has 0 aliphatic carbocycles. The van der Waals surface area contributed by atoms with Gasteiger partial charge in [-0.1, -0.05) is 42.5 Å². The Labute approximate surface area is 227 Å². The third-order valence-electron chi connectivity index (χ3n) is 7.82. The first-order valence-electron chi connectivity index (χ1n) is 13.4. The maximum Gasteiger partial charge on any atom is 0.263 e. The predicted octanol–water partition coefficient (Wildman–Crippen LogP) is 4.13. The van der Waals surface area contributed by atoms with Crippen LogP contribution in [0.25, 0.3) is 0 Å². The number of carbonyl (C=O) groups is 3. The Morgan fingerprint density at radius 1 is 0.949 bits per heavy atom. The number of hydrogen-bond acceptors (Lipinski definition) is 6. The van der Waals surface area contributed by atoms with Gasteiger partial charge in [-0.05, 0) is 54.7 Å². The van der Waals surface area contributed by atoms with Gasteiger partial charge in [-0.15, -0.1) is 0 Å². The third kappa shape index (κ3) is 4.82. The van der Waals surface area contributed by atoms with Gasteiger partial charge in [0.2, 0.25) is 12.7 Å². The number of rotatable bonds is 7. The van der Waals surface area contributed by atoms with Gasteiger partial charge in [-0.2, -0.15) is 0 Å². The second kappa shape index (κ2) is 10.4. The summed E-state index contributed by atoms with van der Waals surface area (Å²) in [4.78, 5) is 45.4. The number of piperidine rings is 1. The van der Waals surface area contributed by atoms with Crippen molar-refractivity contribution in [1.29, 1.82) is 0 Å². The third-order valence-corrected chi connectivity index (χ3v) is 7.82. The van der Waals surface area contributed by atoms with E-state index in [1.54, 1.807) is 12.1 Å². The molecule has 0 saturated carbocycles. The molecule has 8 heteroatoms. The summed E-state index contributed by atoms with van der Waals surface area (Å²) in [6.45, 7) is 2.22. The zero-order chi connectivity index (χ0) is 26.9. The largest absolute Gasteiger partial charge is 0.454 e. The fraction of sp³-hybridized carbons (Fsp3) is 0.323. The first kappa shape index (κ1) is 25.0. The lowest BCUT2D eigenvalue weighted by molar-refractivity contribution is -0.134. The summed E-state index contributed by atoms with van der Waals surface area (Å²) in [5, 5.41) is 0. The second-order valence-corrected chi connectivity index (χ2v) is 10.4. The van der Waals surface area contributed by atoms with Crippen LogP contribution in [0.3, 0.4) is 0 Å². The van der Waals surface area contributed by atoms with Gasteiger partial charge in [0, 0.05) is 26.7 Å². The quantitative estimate of drug-likeness (QED) is 0.432. The van der Waals surface area contributed by atoms with E-state index in [0.29, 0.717) is 35.7 Å². The fourth-order valence-corrected chi connectivity index (χ4v) is 5.71. The van der Waals surface area contributed by atoms with Crippen LogP contribution in [0, 0.1) is 5.92 Å². The number of anilines is 1. The number of benzene rings is 3. The summed E-state index contributed by atoms with van der Waals surface area (Å²) in [6, 6.07) is 21.0. The van der Waals surface area contributed by atoms with E-state index in [2.05, 4.69) is 17.0 Å². The molecule has 3 aromatic carbocycles. The first-order chi connectivity index (χ1) is 19.0. The number of carbonyl (C=O) groups excluding carboxylic acids is 3. The van der Waals surface area contributed by atoms with Gasteiger partial charge in [0.1, 0.15) is 0 Å². The SMILES string of the molecule is CN(CCc1ccccc1)C(=O)C1CCCN(c2cccc3c2C(=O)N(Cc2ccc4c(c2)OCO4)C3=O)C1. The molecule has 1 atom stereocenters. The Bertz CT molecular complexity index is 1420. The summed E-state index contributed by atoms with van der Waals surface area (Å²) in [5.74, 6) is 0.615. The predicted molar refractivity (Wildman–Crippen MR) is 146 cm³/mol. The molecule has 0 spiro atoms. The van der Waals surface area contributed by atoms with Crippen LogP contribution >= 0.6 is 0 Å². The van der Waals surface area contributed by atoms with E-state index in [4.69, 9.17) is 9.47 Å². The molecular weight excluding hydrogens is 494 g/mol. The summed E-state index contributed by atoms with van der Waals surface area (Å²) in [6.07, 6.45) is 2.46. The molecule has 0 radical (unpaired) electrons. The monoisotopic (exact) mass is 525 g/mol. The van der Waals surface area contributed by atoms with Crippen molar-refractivity contribution in [3.05, 3.63) is 89.0 Å². The minimum absolute atomic E-state index is 0.120. The molecule has 3 aromatic rings. The first-order valence-corrected chi connectivity index (χ1v) is 13.4. The van der Waals surface area contributed by atoms with E-state index in [-0.39, 0.29) is 37.0 Å². The van der Waals surface area contributed by atoms with Crippen molar-refractivity contribution in [2.24, 2.45) is 5.92 Å². The molecule has 39 heavy (non-hydrogen) atoms. The minimum Gasteiger partial charge on any atom is -0.454 e. The average Bonchev–Trinajstić information content (AvgIpc) is 3.54. The zero-order valence-corrected chi connectivity index (χ0v) is 22.0. The normalized spacial score (nSPS) is 17.9. The van der Waals surface area contributed by atoms with Crippen LogP contribution in [0.15, 0.2) is 66.7 Å². The Morgan fingerprint density at radius 3 is 2.62 bits per heavy atom. The number of imide groups is 1. The molecule has 3 aliphatic rings. The van der Waals surface area contributed by atoms with Crippen molar-refractivity contribution < 1.29 is 23.9 Å². The molecule has 0 aromatic heterocycles. The van der Waals surface area contributed by atoms with Crippen LogP contribution in [0.4, 0.5) is 5.69 Å². The molecule has 1 fully saturated rings. The average molecular weight is 526 g/mol. The highest BCUT2D eigenvalue weighted by Gasteiger charge is 2.39. The topological polar surface area (TPSA) is 79.4 Å². The molecule has 0 N–H and O–H groups in total. The molecule has 3 aliphatic heterocycles. The standard InChI is InChI=1S/C31H31N3O5/c1-32(16-14-21-7-3-2-4-8-21)29(35)23-9-6-15-33(19-23)25-11-5-10-24-28(25)31(37)34(30(24)36)18-22-12-13-26-27(17-22)39-20-38-26/h2-5,7-8,10-13,17,23H,6,9,14-16,18-20H2,1H3. The van der Waals surface area contributed by atoms with Gasteiger partial charge in [0.25, 0.3) is 11.8 Å². The van der Waals surface area contributed by atoms with Gasteiger partial charge >= 0.3 is 0 Å². The maximum absolute atomic E-state index is 13.6. The fourth-order valence-electron chi connectivity index (χ4n) is 5.71. The van der Waals surface area contributed by atoms with Crippen molar-refractivity contribution >= 4 is 23.4 Å². The molecule has 3 amide bonds. The van der Waals surface area contributed by atoms with Gasteiger partial charge in [0.05, 0.1) is 29.3 Å². The highest BCUT2D eigenvalue weighted by atomic mass is 16.7. The molecule has 1 saturated heterocycles. The summed E-state index contributed by atoms with van der Waals surface area (Å²) in [5.41, 5.74) is 3.55. The molecule has 3 heterocycles. The Morgan fingerprint density at radius 2 is 1.77 bits per heavy atom. The summed E-state index contributed by atoms with van der Waals surface area (Å²) in [7, 11) is 1.86. The lowest BCUT2D eigenvalue weighted by Gasteiger charge is -2.36. The van der Waals surface area contributed by atoms with Crippen LogP contribution < -0.4 is 14.4 Å². The van der Waals surface area contributed by atoms with Crippen LogP contribution in [-0.2, 0) is 17.8 Å². The van der Waals surface area contributed by atoms with E-state index in [0.717, 1.165) is 37.1 Å². The molecule has 1 unspecified atom stereocenters. The van der Waals surface area contributed by atoms with E-state index in [1.807, 2.05) is 54.4 Å². The van der Waals surface area contributed by atoms with Gasteiger partial charge in [-0.3, -0.25) is 19.3 Å². The van der Waals surface area contributed by atoms with Crippen LogP contribution in [-0.4, -0.2) is 61.0 Å². The molecule has 6 rings (SSSR count). The summed E-state index contributed by atoms with van der Waals surface area (Å²) >= 11 is 0. The minimum atomic E-state index is -0.309. The number of amides is 3. The van der Waals surface area contributed by atoms with Crippen LogP contribution in [0.5, 0.6) is 11.5 Å². The van der Waals surface area contributed by atoms with Gasteiger partial charge in [-0.25, -0.2) is 0 Å². The Balaban J connectivity index is 1.16. The second-order valence-electron chi connectivity index (χ2n) is 10.4. The molecule has 0 bridgehead atoms. The molecular formula is C31H31N3O5. The van der Waals surface area contributed by atoms with E-state index in [1.165, 1.54) is 10.5 Å². The zero-order valence-electron chi connectivity index (χ0n) is 22.0. The van der Waals surface area contributed by atoms with E-state index < -0.39 is 0 Å². The highest BCUT2D eigenvalue weighted by Crippen LogP contribution is 2.37.